The Balaban J connectivity index is 1.51. The number of hydrogen-bond donors (Lipinski definition) is 1. The molecule has 1 aromatic rings. The summed E-state index contributed by atoms with van der Waals surface area (Å²) in [5, 5.41) is 3.01. The van der Waals surface area contributed by atoms with Gasteiger partial charge in [-0.2, -0.15) is 0 Å². The van der Waals surface area contributed by atoms with E-state index in [2.05, 4.69) is 38.2 Å². The molecule has 0 atom stereocenters. The van der Waals surface area contributed by atoms with E-state index in [1.54, 1.807) is 7.11 Å². The minimum atomic E-state index is 0.0130. The van der Waals surface area contributed by atoms with Gasteiger partial charge in [0.05, 0.1) is 6.10 Å². The highest BCUT2D eigenvalue weighted by molar-refractivity contribution is 5.90. The molecule has 4 heteroatoms. The summed E-state index contributed by atoms with van der Waals surface area (Å²) in [5.41, 5.74) is 2.69. The molecule has 0 unspecified atom stereocenters. The summed E-state index contributed by atoms with van der Waals surface area (Å²) < 4.78 is 5.34. The van der Waals surface area contributed by atoms with Crippen LogP contribution in [0, 0.1) is 5.41 Å². The van der Waals surface area contributed by atoms with Gasteiger partial charge in [0, 0.05) is 31.3 Å². The third-order valence-electron chi connectivity index (χ3n) is 5.80. The third kappa shape index (κ3) is 3.09. The topological polar surface area (TPSA) is 41.6 Å². The molecule has 1 heterocycles. The highest BCUT2D eigenvalue weighted by Crippen LogP contribution is 2.49. The van der Waals surface area contributed by atoms with Gasteiger partial charge in [-0.25, -0.2) is 4.79 Å². The fourth-order valence-electron chi connectivity index (χ4n) is 3.65. The van der Waals surface area contributed by atoms with E-state index in [-0.39, 0.29) is 11.4 Å². The maximum Gasteiger partial charge on any atom is 0.321 e. The van der Waals surface area contributed by atoms with E-state index in [0.717, 1.165) is 38.0 Å². The number of amides is 2. The molecule has 1 aliphatic carbocycles. The smallest absolute Gasteiger partial charge is 0.321 e. The minimum absolute atomic E-state index is 0.0130. The van der Waals surface area contributed by atoms with Crippen LogP contribution in [0.15, 0.2) is 24.3 Å². The molecule has 1 spiro atoms. The summed E-state index contributed by atoms with van der Waals surface area (Å²) in [4.78, 5) is 14.2. The number of rotatable bonds is 4. The van der Waals surface area contributed by atoms with E-state index < -0.39 is 0 Å². The van der Waals surface area contributed by atoms with Crippen LogP contribution in [0.25, 0.3) is 0 Å². The summed E-state index contributed by atoms with van der Waals surface area (Å²) in [6.45, 7) is 8.40. The van der Waals surface area contributed by atoms with Gasteiger partial charge in [0.2, 0.25) is 0 Å². The second kappa shape index (κ2) is 5.82. The third-order valence-corrected chi connectivity index (χ3v) is 5.80. The Morgan fingerprint density at radius 2 is 1.91 bits per heavy atom. The van der Waals surface area contributed by atoms with Crippen molar-refractivity contribution in [3.63, 3.8) is 0 Å². The van der Waals surface area contributed by atoms with Crippen LogP contribution in [0.3, 0.4) is 0 Å². The van der Waals surface area contributed by atoms with Crippen LogP contribution in [0.2, 0.25) is 0 Å². The Kier molecular flexibility index (Phi) is 4.13. The molecule has 1 aromatic carbocycles. The Labute approximate surface area is 139 Å². The molecule has 23 heavy (non-hydrogen) atoms. The summed E-state index contributed by atoms with van der Waals surface area (Å²) in [5.74, 6) is 0. The van der Waals surface area contributed by atoms with Crippen molar-refractivity contribution in [2.24, 2.45) is 5.41 Å². The first-order valence-corrected chi connectivity index (χ1v) is 8.57. The Bertz CT molecular complexity index is 566. The minimum Gasteiger partial charge on any atom is -0.381 e. The number of urea groups is 1. The van der Waals surface area contributed by atoms with Crippen LogP contribution in [-0.4, -0.2) is 37.2 Å². The summed E-state index contributed by atoms with van der Waals surface area (Å²) in [6.07, 6.45) is 3.67. The predicted octanol–water partition coefficient (Wildman–Crippen LogP) is 4.02. The molecule has 2 fully saturated rings. The zero-order valence-corrected chi connectivity index (χ0v) is 14.7. The molecular formula is C19H28N2O2. The number of methoxy groups -OCH3 is 1. The molecule has 1 saturated heterocycles. The van der Waals surface area contributed by atoms with Crippen LogP contribution in [0.5, 0.6) is 0 Å². The van der Waals surface area contributed by atoms with Crippen molar-refractivity contribution in [1.82, 2.24) is 4.90 Å². The van der Waals surface area contributed by atoms with Gasteiger partial charge in [0.15, 0.2) is 0 Å². The maximum absolute atomic E-state index is 12.3. The quantitative estimate of drug-likeness (QED) is 0.911. The molecule has 0 radical (unpaired) electrons. The van der Waals surface area contributed by atoms with Crippen LogP contribution in [-0.2, 0) is 10.2 Å². The van der Waals surface area contributed by atoms with Crippen LogP contribution >= 0.6 is 0 Å². The number of hydrogen-bond acceptors (Lipinski definition) is 2. The summed E-state index contributed by atoms with van der Waals surface area (Å²) in [6, 6.07) is 8.26. The number of benzene rings is 1. The van der Waals surface area contributed by atoms with Gasteiger partial charge in [-0.05, 0) is 42.4 Å². The van der Waals surface area contributed by atoms with E-state index in [1.165, 1.54) is 5.56 Å². The molecule has 1 saturated carbocycles. The molecule has 0 bridgehead atoms. The number of anilines is 1. The average molecular weight is 316 g/mol. The van der Waals surface area contributed by atoms with Crippen molar-refractivity contribution in [2.45, 2.75) is 51.6 Å². The highest BCUT2D eigenvalue weighted by atomic mass is 16.5. The summed E-state index contributed by atoms with van der Waals surface area (Å²) in [7, 11) is 1.77. The van der Waals surface area contributed by atoms with Gasteiger partial charge >= 0.3 is 6.03 Å². The van der Waals surface area contributed by atoms with E-state index in [4.69, 9.17) is 4.74 Å². The largest absolute Gasteiger partial charge is 0.381 e. The Morgan fingerprint density at radius 3 is 2.43 bits per heavy atom. The van der Waals surface area contributed by atoms with E-state index >= 15 is 0 Å². The first-order chi connectivity index (χ1) is 10.9. The lowest BCUT2D eigenvalue weighted by molar-refractivity contribution is -0.123. The number of carbonyl (C=O) groups excluding carboxylic acids is 1. The van der Waals surface area contributed by atoms with Crippen LogP contribution in [0.1, 0.15) is 45.6 Å². The normalized spacial score (nSPS) is 20.1. The fourth-order valence-corrected chi connectivity index (χ4v) is 3.65. The van der Waals surface area contributed by atoms with Gasteiger partial charge < -0.3 is 15.0 Å². The van der Waals surface area contributed by atoms with Crippen molar-refractivity contribution >= 4 is 11.7 Å². The van der Waals surface area contributed by atoms with Gasteiger partial charge in [0.25, 0.3) is 0 Å². The molecular weight excluding hydrogens is 288 g/mol. The standard InChI is InChI=1S/C19H28N2O2/c1-5-18(2,3)14-6-8-15(9-7-14)20-17(22)21-12-19(13-21)10-16(11-19)23-4/h6-9,16H,5,10-13H2,1-4H3,(H,20,22). The molecule has 2 amide bonds. The summed E-state index contributed by atoms with van der Waals surface area (Å²) >= 11 is 0. The molecule has 1 N–H and O–H groups in total. The zero-order valence-electron chi connectivity index (χ0n) is 14.7. The zero-order chi connectivity index (χ0) is 16.7. The number of carbonyl (C=O) groups is 1. The Morgan fingerprint density at radius 1 is 1.30 bits per heavy atom. The number of nitrogens with zero attached hydrogens (tertiary/aromatic N) is 1. The number of nitrogens with one attached hydrogen (secondary N) is 1. The molecule has 3 rings (SSSR count). The lowest BCUT2D eigenvalue weighted by Crippen LogP contribution is -2.65. The van der Waals surface area contributed by atoms with E-state index in [1.807, 2.05) is 17.0 Å². The fraction of sp³-hybridized carbons (Fsp3) is 0.632. The van der Waals surface area contributed by atoms with Gasteiger partial charge in [0.1, 0.15) is 0 Å². The Hall–Kier alpha value is -1.55. The molecule has 126 valence electrons. The molecule has 0 aromatic heterocycles. The second-order valence-corrected chi connectivity index (χ2v) is 7.87. The number of ether oxygens (including phenoxy) is 1. The van der Waals surface area contributed by atoms with Gasteiger partial charge in [-0.3, -0.25) is 0 Å². The van der Waals surface area contributed by atoms with Crippen molar-refractivity contribution in [1.29, 1.82) is 0 Å². The average Bonchev–Trinajstić information content (AvgIpc) is 2.45. The lowest BCUT2D eigenvalue weighted by atomic mass is 9.62. The van der Waals surface area contributed by atoms with Gasteiger partial charge in [-0.15, -0.1) is 0 Å². The molecule has 4 nitrogen and oxygen atoms in total. The van der Waals surface area contributed by atoms with Crippen molar-refractivity contribution < 1.29 is 9.53 Å². The van der Waals surface area contributed by atoms with E-state index in [0.29, 0.717) is 11.5 Å². The number of likely N-dealkylation sites (tertiary alicyclic amines) is 1. The predicted molar refractivity (Wildman–Crippen MR) is 92.8 cm³/mol. The van der Waals surface area contributed by atoms with E-state index in [9.17, 15) is 4.79 Å². The maximum atomic E-state index is 12.3. The van der Waals surface area contributed by atoms with Crippen LogP contribution < -0.4 is 5.32 Å². The van der Waals surface area contributed by atoms with Gasteiger partial charge in [-0.1, -0.05) is 32.9 Å². The molecule has 2 aliphatic rings. The lowest BCUT2D eigenvalue weighted by Gasteiger charge is -2.58. The first kappa shape index (κ1) is 16.3. The van der Waals surface area contributed by atoms with Crippen molar-refractivity contribution in [2.75, 3.05) is 25.5 Å². The van der Waals surface area contributed by atoms with Crippen LogP contribution in [0.4, 0.5) is 10.5 Å². The van der Waals surface area contributed by atoms with Crippen molar-refractivity contribution in [3.8, 4) is 0 Å². The van der Waals surface area contributed by atoms with Crippen molar-refractivity contribution in [3.05, 3.63) is 29.8 Å². The monoisotopic (exact) mass is 316 g/mol. The second-order valence-electron chi connectivity index (χ2n) is 7.87. The SMILES string of the molecule is CCC(C)(C)c1ccc(NC(=O)N2CC3(CC(OC)C3)C2)cc1. The highest BCUT2D eigenvalue weighted by Gasteiger charge is 2.53. The first-order valence-electron chi connectivity index (χ1n) is 8.57. The molecule has 1 aliphatic heterocycles.